The summed E-state index contributed by atoms with van der Waals surface area (Å²) in [4.78, 5) is 12.0. The largest absolute Gasteiger partial charge is 0.396 e. The van der Waals surface area contributed by atoms with Crippen molar-refractivity contribution in [3.63, 3.8) is 0 Å². The second kappa shape index (κ2) is 6.83. The molecule has 0 fully saturated rings. The highest BCUT2D eigenvalue weighted by atomic mass is 35.5. The van der Waals surface area contributed by atoms with E-state index in [1.165, 1.54) is 0 Å². The maximum absolute atomic E-state index is 12.0. The van der Waals surface area contributed by atoms with Crippen LogP contribution in [0.3, 0.4) is 0 Å². The number of carbonyl (C=O) groups is 1. The van der Waals surface area contributed by atoms with Crippen molar-refractivity contribution in [2.45, 2.75) is 40.3 Å². The molecule has 0 unspecified atom stereocenters. The number of nitrogen functional groups attached to an aromatic ring is 1. The highest BCUT2D eigenvalue weighted by Crippen LogP contribution is 2.18. The number of nitrogens with two attached hydrogens (primary N) is 1. The summed E-state index contributed by atoms with van der Waals surface area (Å²) < 4.78 is 3.49. The number of aryl methyl sites for hydroxylation is 3. The minimum Gasteiger partial charge on any atom is -0.396 e. The van der Waals surface area contributed by atoms with Gasteiger partial charge in [0.2, 0.25) is 0 Å². The van der Waals surface area contributed by atoms with Crippen molar-refractivity contribution in [3.05, 3.63) is 28.3 Å². The minimum atomic E-state index is -0.254. The van der Waals surface area contributed by atoms with Crippen LogP contribution in [-0.4, -0.2) is 32.0 Å². The first-order valence-corrected chi connectivity index (χ1v) is 7.62. The molecular weight excluding hydrogens is 304 g/mol. The molecule has 0 spiro atoms. The maximum atomic E-state index is 12.0. The second-order valence-electron chi connectivity index (χ2n) is 5.11. The van der Waals surface area contributed by atoms with Crippen molar-refractivity contribution in [2.75, 3.05) is 12.3 Å². The van der Waals surface area contributed by atoms with E-state index in [-0.39, 0.29) is 11.6 Å². The van der Waals surface area contributed by atoms with Crippen molar-refractivity contribution in [2.24, 2.45) is 0 Å². The quantitative estimate of drug-likeness (QED) is 0.792. The first kappa shape index (κ1) is 16.4. The molecule has 0 aromatic carbocycles. The fourth-order valence-corrected chi connectivity index (χ4v) is 2.32. The van der Waals surface area contributed by atoms with Crippen molar-refractivity contribution in [3.8, 4) is 0 Å². The summed E-state index contributed by atoms with van der Waals surface area (Å²) in [6.07, 6.45) is 2.41. The highest BCUT2D eigenvalue weighted by molar-refractivity contribution is 6.31. The lowest BCUT2D eigenvalue weighted by atomic mass is 10.3. The Morgan fingerprint density at radius 2 is 2.14 bits per heavy atom. The van der Waals surface area contributed by atoms with E-state index in [9.17, 15) is 4.79 Å². The van der Waals surface area contributed by atoms with E-state index in [4.69, 9.17) is 17.3 Å². The number of aromatic nitrogens is 4. The van der Waals surface area contributed by atoms with E-state index in [1.807, 2.05) is 25.5 Å². The molecule has 0 saturated heterocycles. The molecule has 0 radical (unpaired) electrons. The van der Waals surface area contributed by atoms with Gasteiger partial charge in [0.15, 0.2) is 5.69 Å². The van der Waals surface area contributed by atoms with Crippen LogP contribution < -0.4 is 11.1 Å². The molecule has 0 aliphatic rings. The predicted octanol–water partition coefficient (Wildman–Crippen LogP) is 1.77. The first-order chi connectivity index (χ1) is 10.4. The van der Waals surface area contributed by atoms with Crippen molar-refractivity contribution >= 4 is 23.2 Å². The van der Waals surface area contributed by atoms with Crippen LogP contribution in [0.1, 0.15) is 35.2 Å². The maximum Gasteiger partial charge on any atom is 0.273 e. The molecule has 2 aromatic rings. The Morgan fingerprint density at radius 1 is 1.41 bits per heavy atom. The van der Waals surface area contributed by atoms with Gasteiger partial charge in [0.1, 0.15) is 0 Å². The Hall–Kier alpha value is -2.02. The number of hydrogen-bond donors (Lipinski definition) is 2. The lowest BCUT2D eigenvalue weighted by molar-refractivity contribution is 0.0947. The Kier molecular flexibility index (Phi) is 5.07. The van der Waals surface area contributed by atoms with E-state index in [2.05, 4.69) is 15.5 Å². The van der Waals surface area contributed by atoms with Gasteiger partial charge in [0, 0.05) is 25.8 Å². The van der Waals surface area contributed by atoms with Crippen molar-refractivity contribution < 1.29 is 4.79 Å². The number of halogens is 1. The number of hydrogen-bond acceptors (Lipinski definition) is 4. The molecule has 2 rings (SSSR count). The van der Waals surface area contributed by atoms with Gasteiger partial charge in [-0.25, -0.2) is 0 Å². The molecule has 0 atom stereocenters. The van der Waals surface area contributed by atoms with Gasteiger partial charge >= 0.3 is 0 Å². The molecule has 3 N–H and O–H groups in total. The van der Waals surface area contributed by atoms with Gasteiger partial charge in [-0.05, 0) is 27.2 Å². The number of nitrogens with one attached hydrogen (secondary N) is 1. The van der Waals surface area contributed by atoms with Crippen LogP contribution >= 0.6 is 11.6 Å². The Labute approximate surface area is 134 Å². The van der Waals surface area contributed by atoms with Gasteiger partial charge in [-0.15, -0.1) is 0 Å². The zero-order chi connectivity index (χ0) is 16.3. The minimum absolute atomic E-state index is 0.254. The summed E-state index contributed by atoms with van der Waals surface area (Å²) in [5.74, 6) is -0.254. The van der Waals surface area contributed by atoms with Gasteiger partial charge in [0.05, 0.1) is 22.1 Å². The molecule has 0 bridgehead atoms. The highest BCUT2D eigenvalue weighted by Gasteiger charge is 2.14. The third kappa shape index (κ3) is 3.41. The zero-order valence-electron chi connectivity index (χ0n) is 13.1. The SMILES string of the molecule is CCn1cc(N)c(C(=O)NCCCn2nc(C)c(Cl)c2C)n1. The van der Waals surface area contributed by atoms with Crippen LogP contribution in [0, 0.1) is 13.8 Å². The molecule has 22 heavy (non-hydrogen) atoms. The summed E-state index contributed by atoms with van der Waals surface area (Å²) in [6.45, 7) is 7.63. The van der Waals surface area contributed by atoms with Crippen molar-refractivity contribution in [1.82, 2.24) is 24.9 Å². The van der Waals surface area contributed by atoms with Crippen LogP contribution in [-0.2, 0) is 13.1 Å². The number of nitrogens with zero attached hydrogens (tertiary/aromatic N) is 4. The third-order valence-electron chi connectivity index (χ3n) is 3.45. The molecule has 0 aliphatic carbocycles. The van der Waals surface area contributed by atoms with Crippen LogP contribution in [0.2, 0.25) is 5.02 Å². The molecule has 2 aromatic heterocycles. The average molecular weight is 325 g/mol. The Balaban J connectivity index is 1.84. The molecule has 0 aliphatic heterocycles. The topological polar surface area (TPSA) is 90.8 Å². The Morgan fingerprint density at radius 3 is 2.68 bits per heavy atom. The fraction of sp³-hybridized carbons (Fsp3) is 0.500. The van der Waals surface area contributed by atoms with E-state index in [0.717, 1.165) is 17.8 Å². The lowest BCUT2D eigenvalue weighted by Crippen LogP contribution is -2.26. The summed E-state index contributed by atoms with van der Waals surface area (Å²) in [5.41, 5.74) is 8.21. The summed E-state index contributed by atoms with van der Waals surface area (Å²) in [7, 11) is 0. The smallest absolute Gasteiger partial charge is 0.273 e. The average Bonchev–Trinajstić information content (AvgIpc) is 2.99. The van der Waals surface area contributed by atoms with Crippen molar-refractivity contribution in [1.29, 1.82) is 0 Å². The molecule has 0 saturated carbocycles. The molecule has 1 amide bonds. The van der Waals surface area contributed by atoms with E-state index in [0.29, 0.717) is 30.3 Å². The van der Waals surface area contributed by atoms with Crippen LogP contribution in [0.5, 0.6) is 0 Å². The summed E-state index contributed by atoms with van der Waals surface area (Å²) in [5, 5.41) is 12.0. The Bertz CT molecular complexity index is 675. The van der Waals surface area contributed by atoms with E-state index in [1.54, 1.807) is 10.9 Å². The monoisotopic (exact) mass is 324 g/mol. The summed E-state index contributed by atoms with van der Waals surface area (Å²) in [6, 6.07) is 0. The van der Waals surface area contributed by atoms with E-state index < -0.39 is 0 Å². The molecule has 120 valence electrons. The normalized spacial score (nSPS) is 10.9. The second-order valence-corrected chi connectivity index (χ2v) is 5.48. The van der Waals surface area contributed by atoms with Crippen LogP contribution in [0.4, 0.5) is 5.69 Å². The fourth-order valence-electron chi connectivity index (χ4n) is 2.18. The zero-order valence-corrected chi connectivity index (χ0v) is 13.8. The lowest BCUT2D eigenvalue weighted by Gasteiger charge is -2.06. The van der Waals surface area contributed by atoms with Gasteiger partial charge in [-0.3, -0.25) is 14.2 Å². The van der Waals surface area contributed by atoms with Gasteiger partial charge in [-0.1, -0.05) is 11.6 Å². The standard InChI is InChI=1S/C14H21ClN6O/c1-4-20-8-11(16)13(19-20)14(22)17-6-5-7-21-10(3)12(15)9(2)18-21/h8H,4-7,16H2,1-3H3,(H,17,22). The van der Waals surface area contributed by atoms with Crippen LogP contribution in [0.25, 0.3) is 0 Å². The van der Waals surface area contributed by atoms with Gasteiger partial charge < -0.3 is 11.1 Å². The predicted molar refractivity (Wildman–Crippen MR) is 86.0 cm³/mol. The molecule has 8 heteroatoms. The van der Waals surface area contributed by atoms with E-state index >= 15 is 0 Å². The third-order valence-corrected chi connectivity index (χ3v) is 4.00. The molecule has 7 nitrogen and oxygen atoms in total. The number of amides is 1. The summed E-state index contributed by atoms with van der Waals surface area (Å²) >= 11 is 6.10. The van der Waals surface area contributed by atoms with Gasteiger partial charge in [-0.2, -0.15) is 10.2 Å². The number of rotatable bonds is 6. The van der Waals surface area contributed by atoms with Gasteiger partial charge in [0.25, 0.3) is 5.91 Å². The van der Waals surface area contributed by atoms with Crippen LogP contribution in [0.15, 0.2) is 6.20 Å². The number of carbonyl (C=O) groups excluding carboxylic acids is 1. The number of anilines is 1. The molecule has 2 heterocycles. The first-order valence-electron chi connectivity index (χ1n) is 7.24. The molecular formula is C14H21ClN6O.